The molecular weight excluding hydrogens is 503 g/mol. The van der Waals surface area contributed by atoms with Crippen LogP contribution in [0, 0.1) is 5.82 Å². The number of ether oxygens (including phenoxy) is 1. The zero-order chi connectivity index (χ0) is 26.8. The molecule has 0 saturated heterocycles. The summed E-state index contributed by atoms with van der Waals surface area (Å²) in [4.78, 5) is 30.7. The lowest BCUT2D eigenvalue weighted by molar-refractivity contribution is -0.119. The number of amides is 1. The Bertz CT molecular complexity index is 1420. The highest BCUT2D eigenvalue weighted by molar-refractivity contribution is 6.55. The van der Waals surface area contributed by atoms with Gasteiger partial charge < -0.3 is 14.5 Å². The van der Waals surface area contributed by atoms with Gasteiger partial charge in [0.25, 0.3) is 0 Å². The number of nitrogens with zero attached hydrogens (tertiary/aromatic N) is 8. The molecule has 0 aliphatic carbocycles. The van der Waals surface area contributed by atoms with Crippen molar-refractivity contribution in [2.45, 2.75) is 45.3 Å². The van der Waals surface area contributed by atoms with Crippen LogP contribution >= 0.6 is 0 Å². The van der Waals surface area contributed by atoms with Gasteiger partial charge in [0, 0.05) is 40.4 Å². The van der Waals surface area contributed by atoms with Crippen LogP contribution in [0.2, 0.25) is 19.1 Å². The van der Waals surface area contributed by atoms with Crippen LogP contribution in [0.25, 0.3) is 17.3 Å². The van der Waals surface area contributed by atoms with Gasteiger partial charge in [-0.3, -0.25) is 9.36 Å². The number of halogens is 1. The molecule has 1 unspecified atom stereocenters. The fourth-order valence-corrected chi connectivity index (χ4v) is 4.96. The molecule has 3 aromatic heterocycles. The lowest BCUT2D eigenvalue weighted by Crippen LogP contribution is -2.50. The Morgan fingerprint density at radius 1 is 1.13 bits per heavy atom. The standard InChI is InChI=1S/C26H30FN8O2Si/c1-5-21-25(36)32(2)22-15-29-26(34-11-10-28-23(34)18-6-8-19(27)9-7-18)31-24(22)35(21)20-14-30-33(16-20)17-37-12-13-38(3)4/h6-11,14-16,21H,5,12-13,17H2,1-4H3. The van der Waals surface area contributed by atoms with Crippen molar-refractivity contribution in [1.82, 2.24) is 29.3 Å². The largest absolute Gasteiger partial charge is 0.360 e. The van der Waals surface area contributed by atoms with Gasteiger partial charge in [-0.25, -0.2) is 19.0 Å². The van der Waals surface area contributed by atoms with Crippen LogP contribution in [0.3, 0.4) is 0 Å². The van der Waals surface area contributed by atoms with E-state index in [1.807, 2.05) is 18.0 Å². The quantitative estimate of drug-likeness (QED) is 0.234. The van der Waals surface area contributed by atoms with E-state index in [1.54, 1.807) is 58.1 Å². The number of hydrogen-bond donors (Lipinski definition) is 0. The lowest BCUT2D eigenvalue weighted by Gasteiger charge is -2.39. The number of benzene rings is 1. The second-order valence-electron chi connectivity index (χ2n) is 9.43. The fourth-order valence-electron chi connectivity index (χ4n) is 4.41. The van der Waals surface area contributed by atoms with E-state index in [4.69, 9.17) is 9.72 Å². The van der Waals surface area contributed by atoms with Gasteiger partial charge in [-0.05, 0) is 36.7 Å². The first-order valence-electron chi connectivity index (χ1n) is 12.5. The molecule has 0 saturated carbocycles. The molecule has 4 aromatic rings. The van der Waals surface area contributed by atoms with Crippen molar-refractivity contribution >= 4 is 31.9 Å². The van der Waals surface area contributed by atoms with E-state index >= 15 is 0 Å². The highest BCUT2D eigenvalue weighted by Crippen LogP contribution is 2.39. The highest BCUT2D eigenvalue weighted by Gasteiger charge is 2.38. The first-order chi connectivity index (χ1) is 18.4. The van der Waals surface area contributed by atoms with E-state index < -0.39 is 6.04 Å². The van der Waals surface area contributed by atoms with Gasteiger partial charge in [-0.15, -0.1) is 0 Å². The Labute approximate surface area is 222 Å². The molecule has 197 valence electrons. The summed E-state index contributed by atoms with van der Waals surface area (Å²) in [5.41, 5.74) is 2.07. The predicted molar refractivity (Wildman–Crippen MR) is 145 cm³/mol. The van der Waals surface area contributed by atoms with E-state index in [2.05, 4.69) is 28.2 Å². The third-order valence-corrected chi connectivity index (χ3v) is 7.67. The normalized spacial score (nSPS) is 15.4. The number of anilines is 3. The average molecular weight is 534 g/mol. The number of hydrogen-bond acceptors (Lipinski definition) is 7. The minimum absolute atomic E-state index is 0.0458. The maximum absolute atomic E-state index is 13.5. The van der Waals surface area contributed by atoms with Crippen molar-refractivity contribution in [3.05, 3.63) is 61.1 Å². The molecule has 4 heterocycles. The third kappa shape index (κ3) is 4.96. The number of fused-ring (bicyclic) bond motifs is 1. The van der Waals surface area contributed by atoms with Gasteiger partial charge in [0.15, 0.2) is 5.82 Å². The molecule has 1 aliphatic rings. The van der Waals surface area contributed by atoms with Crippen molar-refractivity contribution in [3.63, 3.8) is 0 Å². The highest BCUT2D eigenvalue weighted by atomic mass is 28.3. The maximum Gasteiger partial charge on any atom is 0.250 e. The van der Waals surface area contributed by atoms with Crippen molar-refractivity contribution in [1.29, 1.82) is 0 Å². The van der Waals surface area contributed by atoms with Crippen LogP contribution in [0.1, 0.15) is 13.3 Å². The van der Waals surface area contributed by atoms with Gasteiger partial charge in [0.1, 0.15) is 30.1 Å². The minimum atomic E-state index is -0.460. The van der Waals surface area contributed by atoms with Crippen LogP contribution < -0.4 is 9.80 Å². The van der Waals surface area contributed by atoms with E-state index in [-0.39, 0.29) is 20.5 Å². The second kappa shape index (κ2) is 10.8. The summed E-state index contributed by atoms with van der Waals surface area (Å²) in [6, 6.07) is 6.72. The first kappa shape index (κ1) is 25.7. The Hall–Kier alpha value is -3.90. The summed E-state index contributed by atoms with van der Waals surface area (Å²) in [7, 11) is 1.39. The van der Waals surface area contributed by atoms with Gasteiger partial charge in [0.2, 0.25) is 11.9 Å². The van der Waals surface area contributed by atoms with Crippen molar-refractivity contribution < 1.29 is 13.9 Å². The first-order valence-corrected chi connectivity index (χ1v) is 15.2. The topological polar surface area (TPSA) is 94.2 Å². The zero-order valence-electron chi connectivity index (χ0n) is 21.9. The zero-order valence-corrected chi connectivity index (χ0v) is 22.9. The number of carbonyl (C=O) groups is 1. The summed E-state index contributed by atoms with van der Waals surface area (Å²) in [6.07, 6.45) is 9.23. The summed E-state index contributed by atoms with van der Waals surface area (Å²) in [5, 5.41) is 4.47. The molecule has 12 heteroatoms. The number of imidazole rings is 1. The Kier molecular flexibility index (Phi) is 7.34. The van der Waals surface area contributed by atoms with Gasteiger partial charge in [-0.1, -0.05) is 20.0 Å². The van der Waals surface area contributed by atoms with E-state index in [0.717, 1.165) is 17.3 Å². The van der Waals surface area contributed by atoms with Crippen molar-refractivity contribution in [2.24, 2.45) is 0 Å². The van der Waals surface area contributed by atoms with E-state index in [9.17, 15) is 9.18 Å². The average Bonchev–Trinajstić information content (AvgIpc) is 3.59. The molecule has 1 aliphatic heterocycles. The summed E-state index contributed by atoms with van der Waals surface area (Å²) >= 11 is 0. The molecule has 0 fully saturated rings. The van der Waals surface area contributed by atoms with Gasteiger partial charge in [-0.2, -0.15) is 10.1 Å². The molecular formula is C26H30FN8O2Si. The lowest BCUT2D eigenvalue weighted by atomic mass is 10.1. The molecule has 1 aromatic carbocycles. The maximum atomic E-state index is 13.5. The number of aromatic nitrogens is 6. The van der Waals surface area contributed by atoms with E-state index in [1.165, 1.54) is 12.1 Å². The van der Waals surface area contributed by atoms with Gasteiger partial charge >= 0.3 is 0 Å². The molecule has 10 nitrogen and oxygen atoms in total. The monoisotopic (exact) mass is 533 g/mol. The molecule has 0 bridgehead atoms. The summed E-state index contributed by atoms with van der Waals surface area (Å²) < 4.78 is 22.8. The third-order valence-electron chi connectivity index (χ3n) is 6.47. The molecule has 0 N–H and O–H groups in total. The predicted octanol–water partition coefficient (Wildman–Crippen LogP) is 4.29. The molecule has 38 heavy (non-hydrogen) atoms. The minimum Gasteiger partial charge on any atom is -0.360 e. The van der Waals surface area contributed by atoms with Gasteiger partial charge in [0.05, 0.1) is 24.3 Å². The molecule has 0 spiro atoms. The SMILES string of the molecule is CCC1C(=O)N(C)c2cnc(-n3ccnc3-c3ccc(F)cc3)nc2N1c1cnn(COCC[Si](C)C)c1. The molecule has 1 atom stereocenters. The Balaban J connectivity index is 1.52. The summed E-state index contributed by atoms with van der Waals surface area (Å²) in [5.74, 6) is 1.19. The van der Waals surface area contributed by atoms with Crippen LogP contribution in [-0.2, 0) is 16.3 Å². The second-order valence-corrected chi connectivity index (χ2v) is 12.3. The van der Waals surface area contributed by atoms with Crippen molar-refractivity contribution in [2.75, 3.05) is 23.5 Å². The molecule has 1 amide bonds. The van der Waals surface area contributed by atoms with E-state index in [0.29, 0.717) is 43.0 Å². The summed E-state index contributed by atoms with van der Waals surface area (Å²) in [6.45, 7) is 7.53. The Morgan fingerprint density at radius 2 is 1.92 bits per heavy atom. The smallest absolute Gasteiger partial charge is 0.250 e. The molecule has 5 rings (SSSR count). The van der Waals surface area contributed by atoms with Crippen LogP contribution in [0.4, 0.5) is 21.6 Å². The van der Waals surface area contributed by atoms with Crippen molar-refractivity contribution in [3.8, 4) is 17.3 Å². The molecule has 1 radical (unpaired) electrons. The van der Waals surface area contributed by atoms with Crippen LogP contribution in [-0.4, -0.2) is 63.7 Å². The number of rotatable bonds is 9. The van der Waals surface area contributed by atoms with Crippen LogP contribution in [0.5, 0.6) is 0 Å². The fraction of sp³-hybridized carbons (Fsp3) is 0.346. The van der Waals surface area contributed by atoms with Crippen LogP contribution in [0.15, 0.2) is 55.2 Å². The number of likely N-dealkylation sites (N-methyl/N-ethyl adjacent to an activating group) is 1. The number of carbonyl (C=O) groups excluding carboxylic acids is 1. The Morgan fingerprint density at radius 3 is 2.66 bits per heavy atom.